The first-order valence-corrected chi connectivity index (χ1v) is 3.70. The molecule has 5 N–H and O–H groups in total. The van der Waals surface area contributed by atoms with Crippen LogP contribution in [-0.4, -0.2) is 0 Å². The van der Waals surface area contributed by atoms with Crippen LogP contribution in [0.3, 0.4) is 0 Å². The molecular formula is C9H10N4. The number of nitriles is 1. The Morgan fingerprint density at radius 2 is 2.31 bits per heavy atom. The van der Waals surface area contributed by atoms with E-state index in [2.05, 4.69) is 5.43 Å². The molecule has 0 atom stereocenters. The Bertz CT molecular complexity index is 362. The Hall–Kier alpha value is -1.99. The first-order chi connectivity index (χ1) is 6.27. The predicted molar refractivity (Wildman–Crippen MR) is 50.6 cm³/mol. The maximum atomic E-state index is 8.62. The topological polar surface area (TPSA) is 87.9 Å². The lowest BCUT2D eigenvalue weighted by Gasteiger charge is -2.01. The van der Waals surface area contributed by atoms with Crippen LogP contribution in [0.2, 0.25) is 0 Å². The molecule has 1 rings (SSSR count). The molecular weight excluding hydrogens is 164 g/mol. The number of rotatable bonds is 2. The smallest absolute Gasteiger partial charge is 0.0991 e. The molecule has 0 spiro atoms. The van der Waals surface area contributed by atoms with Gasteiger partial charge in [0.1, 0.15) is 0 Å². The summed E-state index contributed by atoms with van der Waals surface area (Å²) in [6.45, 7) is 0. The molecule has 13 heavy (non-hydrogen) atoms. The van der Waals surface area contributed by atoms with Crippen molar-refractivity contribution in [2.45, 2.75) is 0 Å². The Labute approximate surface area is 76.4 Å². The van der Waals surface area contributed by atoms with Crippen LogP contribution in [0.25, 0.3) is 5.70 Å². The quantitative estimate of drug-likeness (QED) is 0.444. The first-order valence-electron chi connectivity index (χ1n) is 3.70. The molecule has 0 aliphatic rings. The SMILES string of the molecule is N#Cc1cccc(/C(N)=C/NN)c1. The van der Waals surface area contributed by atoms with Gasteiger partial charge >= 0.3 is 0 Å². The monoisotopic (exact) mass is 174 g/mol. The molecule has 4 heteroatoms. The fourth-order valence-corrected chi connectivity index (χ4v) is 0.941. The zero-order valence-corrected chi connectivity index (χ0v) is 6.99. The summed E-state index contributed by atoms with van der Waals surface area (Å²) < 4.78 is 0. The number of nitrogens with one attached hydrogen (secondary N) is 1. The van der Waals surface area contributed by atoms with Crippen LogP contribution in [0.1, 0.15) is 11.1 Å². The molecule has 0 aliphatic heterocycles. The largest absolute Gasteiger partial charge is 0.397 e. The minimum atomic E-state index is 0.500. The lowest BCUT2D eigenvalue weighted by molar-refractivity contribution is 0.967. The number of hydrogen-bond donors (Lipinski definition) is 3. The van der Waals surface area contributed by atoms with Gasteiger partial charge < -0.3 is 11.2 Å². The molecule has 0 amide bonds. The van der Waals surface area contributed by atoms with Crippen molar-refractivity contribution in [1.82, 2.24) is 5.43 Å². The van der Waals surface area contributed by atoms with Crippen molar-refractivity contribution in [3.63, 3.8) is 0 Å². The van der Waals surface area contributed by atoms with Gasteiger partial charge in [-0.15, -0.1) is 0 Å². The van der Waals surface area contributed by atoms with E-state index in [0.29, 0.717) is 11.3 Å². The van der Waals surface area contributed by atoms with Gasteiger partial charge in [-0.1, -0.05) is 12.1 Å². The highest BCUT2D eigenvalue weighted by Crippen LogP contribution is 2.09. The van der Waals surface area contributed by atoms with Gasteiger partial charge in [-0.05, 0) is 12.1 Å². The minimum absolute atomic E-state index is 0.500. The van der Waals surface area contributed by atoms with Gasteiger partial charge in [0.05, 0.1) is 17.3 Å². The van der Waals surface area contributed by atoms with Crippen molar-refractivity contribution in [2.24, 2.45) is 11.6 Å². The third-order valence-corrected chi connectivity index (χ3v) is 1.56. The van der Waals surface area contributed by atoms with Crippen molar-refractivity contribution >= 4 is 5.70 Å². The van der Waals surface area contributed by atoms with Crippen molar-refractivity contribution in [2.75, 3.05) is 0 Å². The molecule has 0 aromatic heterocycles. The summed E-state index contributed by atoms with van der Waals surface area (Å²) in [5.41, 5.74) is 9.82. The van der Waals surface area contributed by atoms with Crippen LogP contribution in [0.5, 0.6) is 0 Å². The highest BCUT2D eigenvalue weighted by atomic mass is 15.2. The van der Waals surface area contributed by atoms with Gasteiger partial charge in [0.25, 0.3) is 0 Å². The fourth-order valence-electron chi connectivity index (χ4n) is 0.941. The van der Waals surface area contributed by atoms with Gasteiger partial charge in [-0.2, -0.15) is 5.26 Å². The molecule has 0 radical (unpaired) electrons. The van der Waals surface area contributed by atoms with E-state index < -0.39 is 0 Å². The Morgan fingerprint density at radius 3 is 2.92 bits per heavy atom. The van der Waals surface area contributed by atoms with Gasteiger partial charge in [-0.3, -0.25) is 5.84 Å². The molecule has 0 saturated carbocycles. The van der Waals surface area contributed by atoms with Crippen molar-refractivity contribution in [1.29, 1.82) is 5.26 Å². The zero-order chi connectivity index (χ0) is 9.68. The third kappa shape index (κ3) is 2.22. The molecule has 4 nitrogen and oxygen atoms in total. The Morgan fingerprint density at radius 1 is 1.54 bits per heavy atom. The molecule has 66 valence electrons. The molecule has 0 heterocycles. The molecule has 0 aliphatic carbocycles. The summed E-state index contributed by atoms with van der Waals surface area (Å²) in [7, 11) is 0. The van der Waals surface area contributed by atoms with E-state index in [0.717, 1.165) is 5.56 Å². The summed E-state index contributed by atoms with van der Waals surface area (Å²) in [6, 6.07) is 9.02. The van der Waals surface area contributed by atoms with E-state index in [9.17, 15) is 0 Å². The zero-order valence-electron chi connectivity index (χ0n) is 6.99. The van der Waals surface area contributed by atoms with Crippen LogP contribution >= 0.6 is 0 Å². The number of nitrogens with two attached hydrogens (primary N) is 2. The van der Waals surface area contributed by atoms with Gasteiger partial charge in [-0.25, -0.2) is 0 Å². The van der Waals surface area contributed by atoms with Crippen LogP contribution < -0.4 is 17.0 Å². The maximum absolute atomic E-state index is 8.62. The first kappa shape index (κ1) is 9.10. The molecule has 1 aromatic carbocycles. The van der Waals surface area contributed by atoms with E-state index in [1.165, 1.54) is 6.20 Å². The van der Waals surface area contributed by atoms with Gasteiger partial charge in [0.2, 0.25) is 0 Å². The fraction of sp³-hybridized carbons (Fsp3) is 0. The van der Waals surface area contributed by atoms with Crippen molar-refractivity contribution < 1.29 is 0 Å². The summed E-state index contributed by atoms with van der Waals surface area (Å²) >= 11 is 0. The summed E-state index contributed by atoms with van der Waals surface area (Å²) in [4.78, 5) is 0. The molecule has 0 fully saturated rings. The highest BCUT2D eigenvalue weighted by Gasteiger charge is 1.96. The molecule has 0 bridgehead atoms. The summed E-state index contributed by atoms with van der Waals surface area (Å²) in [6.07, 6.45) is 1.47. The van der Waals surface area contributed by atoms with E-state index in [1.54, 1.807) is 18.2 Å². The average Bonchev–Trinajstić information content (AvgIpc) is 2.18. The average molecular weight is 174 g/mol. The maximum Gasteiger partial charge on any atom is 0.0991 e. The van der Waals surface area contributed by atoms with Crippen LogP contribution in [0.15, 0.2) is 30.5 Å². The second kappa shape index (κ2) is 4.14. The summed E-state index contributed by atoms with van der Waals surface area (Å²) in [5, 5.41) is 8.62. The van der Waals surface area contributed by atoms with Crippen LogP contribution in [-0.2, 0) is 0 Å². The van der Waals surface area contributed by atoms with E-state index in [4.69, 9.17) is 16.8 Å². The second-order valence-corrected chi connectivity index (χ2v) is 2.46. The lowest BCUT2D eigenvalue weighted by atomic mass is 10.1. The minimum Gasteiger partial charge on any atom is -0.397 e. The summed E-state index contributed by atoms with van der Waals surface area (Å²) in [5.74, 6) is 5.07. The van der Waals surface area contributed by atoms with Gasteiger partial charge in [0, 0.05) is 11.8 Å². The number of benzene rings is 1. The Kier molecular flexibility index (Phi) is 2.90. The van der Waals surface area contributed by atoms with Crippen LogP contribution in [0.4, 0.5) is 0 Å². The molecule has 1 aromatic rings. The second-order valence-electron chi connectivity index (χ2n) is 2.46. The highest BCUT2D eigenvalue weighted by molar-refractivity contribution is 5.63. The standard InChI is InChI=1S/C9H10N4/c10-5-7-2-1-3-8(4-7)9(11)6-13-12/h1-4,6,13H,11-12H2/b9-6-. The number of hydrazine groups is 1. The predicted octanol–water partition coefficient (Wildman–Crippen LogP) is 0.279. The normalized spacial score (nSPS) is 10.6. The van der Waals surface area contributed by atoms with E-state index in [-0.39, 0.29) is 0 Å². The molecule has 0 unspecified atom stereocenters. The van der Waals surface area contributed by atoms with E-state index >= 15 is 0 Å². The number of nitrogens with zero attached hydrogens (tertiary/aromatic N) is 1. The van der Waals surface area contributed by atoms with Crippen molar-refractivity contribution in [3.05, 3.63) is 41.6 Å². The lowest BCUT2D eigenvalue weighted by Crippen LogP contribution is -2.16. The van der Waals surface area contributed by atoms with Crippen LogP contribution in [0, 0.1) is 11.3 Å². The van der Waals surface area contributed by atoms with E-state index in [1.807, 2.05) is 12.1 Å². The Balaban J connectivity index is 3.03. The van der Waals surface area contributed by atoms with Gasteiger partial charge in [0.15, 0.2) is 0 Å². The number of hydrogen-bond acceptors (Lipinski definition) is 4. The van der Waals surface area contributed by atoms with Crippen molar-refractivity contribution in [3.8, 4) is 6.07 Å². The molecule has 0 saturated heterocycles. The third-order valence-electron chi connectivity index (χ3n) is 1.56.